The Morgan fingerprint density at radius 1 is 0.625 bits per heavy atom. The molecule has 0 radical (unpaired) electrons. The van der Waals surface area contributed by atoms with Crippen molar-refractivity contribution in [1.29, 1.82) is 0 Å². The number of nitrogens with zero attached hydrogens (tertiary/aromatic N) is 2. The first kappa shape index (κ1) is 22.6. The van der Waals surface area contributed by atoms with Gasteiger partial charge in [0.1, 0.15) is 29.2 Å². The molecule has 4 heteroatoms. The lowest BCUT2D eigenvalue weighted by Crippen LogP contribution is -1.98. The van der Waals surface area contributed by atoms with Gasteiger partial charge in [0.2, 0.25) is 0 Å². The van der Waals surface area contributed by atoms with Crippen molar-refractivity contribution in [2.45, 2.75) is 6.61 Å². The molecular weight excluding hydrogens is 492 g/mol. The zero-order valence-corrected chi connectivity index (χ0v) is 21.7. The molecule has 190 valence electrons. The van der Waals surface area contributed by atoms with Gasteiger partial charge >= 0.3 is 0 Å². The molecule has 6 aromatic carbocycles. The predicted octanol–water partition coefficient (Wildman–Crippen LogP) is 9.75. The molecule has 0 saturated heterocycles. The highest BCUT2D eigenvalue weighted by Gasteiger charge is 2.16. The first-order valence-electron chi connectivity index (χ1n) is 13.3. The summed E-state index contributed by atoms with van der Waals surface area (Å²) in [5.74, 6) is 0.687. The van der Waals surface area contributed by atoms with E-state index in [-0.39, 0.29) is 0 Å². The van der Waals surface area contributed by atoms with Crippen LogP contribution in [0.2, 0.25) is 0 Å². The lowest BCUT2D eigenvalue weighted by molar-refractivity contribution is 0.308. The van der Waals surface area contributed by atoms with Crippen molar-refractivity contribution < 1.29 is 9.15 Å². The summed E-state index contributed by atoms with van der Waals surface area (Å²) >= 11 is 0. The first-order valence-corrected chi connectivity index (χ1v) is 13.3. The van der Waals surface area contributed by atoms with Gasteiger partial charge in [0.15, 0.2) is 0 Å². The quantitative estimate of drug-likeness (QED) is 0.214. The van der Waals surface area contributed by atoms with Crippen LogP contribution >= 0.6 is 0 Å². The molecule has 0 bridgehead atoms. The van der Waals surface area contributed by atoms with E-state index in [9.17, 15) is 0 Å². The largest absolute Gasteiger partial charge is 0.487 e. The third kappa shape index (κ3) is 3.36. The van der Waals surface area contributed by atoms with Crippen molar-refractivity contribution >= 4 is 66.9 Å². The lowest BCUT2D eigenvalue weighted by atomic mass is 10.0. The monoisotopic (exact) mass is 516 g/mol. The Balaban J connectivity index is 1.16. The summed E-state index contributed by atoms with van der Waals surface area (Å²) in [7, 11) is 0. The van der Waals surface area contributed by atoms with E-state index in [2.05, 4.69) is 101 Å². The maximum atomic E-state index is 6.28. The van der Waals surface area contributed by atoms with Gasteiger partial charge < -0.3 is 13.7 Å². The second kappa shape index (κ2) is 8.85. The summed E-state index contributed by atoms with van der Waals surface area (Å²) in [6, 6.07) is 42.1. The smallest absolute Gasteiger partial charge is 0.146 e. The molecule has 0 N–H and O–H groups in total. The fourth-order valence-electron chi connectivity index (χ4n) is 5.97. The number of aromatic nitrogens is 1. The Morgan fingerprint density at radius 3 is 2.23 bits per heavy atom. The van der Waals surface area contributed by atoms with E-state index in [1.54, 1.807) is 0 Å². The van der Waals surface area contributed by atoms with Gasteiger partial charge in [0.05, 0.1) is 16.4 Å². The molecule has 0 unspecified atom stereocenters. The molecule has 0 atom stereocenters. The average Bonchev–Trinajstić information content (AvgIpc) is 3.56. The molecule has 2 aromatic heterocycles. The van der Waals surface area contributed by atoms with Crippen LogP contribution < -0.4 is 4.74 Å². The maximum absolute atomic E-state index is 6.28. The minimum Gasteiger partial charge on any atom is -0.487 e. The van der Waals surface area contributed by atoms with Crippen LogP contribution in [0.4, 0.5) is 5.69 Å². The van der Waals surface area contributed by atoms with Crippen LogP contribution in [-0.2, 0) is 6.61 Å². The normalized spacial score (nSPS) is 11.7. The Bertz CT molecular complexity index is 2240. The van der Waals surface area contributed by atoms with Gasteiger partial charge in [0, 0.05) is 21.8 Å². The fraction of sp³-hybridized carbons (Fsp3) is 0.0278. The fourth-order valence-corrected chi connectivity index (χ4v) is 5.97. The Kier molecular flexibility index (Phi) is 5.01. The van der Waals surface area contributed by atoms with Gasteiger partial charge in [-0.05, 0) is 65.5 Å². The number of furan rings is 1. The van der Waals surface area contributed by atoms with Crippen LogP contribution in [0.25, 0.3) is 60.2 Å². The van der Waals surface area contributed by atoms with Crippen molar-refractivity contribution in [3.05, 3.63) is 127 Å². The number of para-hydroxylation sites is 2. The van der Waals surface area contributed by atoms with E-state index in [0.717, 1.165) is 33.2 Å². The molecule has 2 heterocycles. The molecule has 4 nitrogen and oxygen atoms in total. The summed E-state index contributed by atoms with van der Waals surface area (Å²) in [5.41, 5.74) is 6.89. The molecule has 8 rings (SSSR count). The van der Waals surface area contributed by atoms with E-state index in [4.69, 9.17) is 9.15 Å². The van der Waals surface area contributed by atoms with E-state index in [1.165, 1.54) is 32.6 Å². The van der Waals surface area contributed by atoms with E-state index in [0.29, 0.717) is 18.0 Å². The minimum atomic E-state index is 0.419. The highest BCUT2D eigenvalue weighted by atomic mass is 16.5. The number of hydrogen-bond acceptors (Lipinski definition) is 3. The van der Waals surface area contributed by atoms with Gasteiger partial charge in [-0.1, -0.05) is 78.9 Å². The minimum absolute atomic E-state index is 0.419. The molecule has 0 spiro atoms. The standard InChI is InChI=1S/C36H24N2O2/c1-37-36-33(21-20-32-35(36)28-11-5-7-13-31(28)40-32)39-22-23-14-17-25(18-15-23)38-29-12-6-4-10-27(29)34-26-9-3-2-8-24(26)16-19-30(34)38/h2-21H,1,22H2. The van der Waals surface area contributed by atoms with Gasteiger partial charge in [-0.2, -0.15) is 0 Å². The van der Waals surface area contributed by atoms with Crippen LogP contribution in [0.3, 0.4) is 0 Å². The van der Waals surface area contributed by atoms with Crippen molar-refractivity contribution in [2.24, 2.45) is 4.99 Å². The summed E-state index contributed by atoms with van der Waals surface area (Å²) in [6.45, 7) is 4.24. The number of fused-ring (bicyclic) bond motifs is 8. The number of benzene rings is 6. The molecule has 0 aliphatic carbocycles. The predicted molar refractivity (Wildman–Crippen MR) is 166 cm³/mol. The zero-order valence-electron chi connectivity index (χ0n) is 21.7. The molecule has 0 aliphatic heterocycles. The van der Waals surface area contributed by atoms with Gasteiger partial charge in [-0.3, -0.25) is 4.99 Å². The zero-order chi connectivity index (χ0) is 26.6. The number of aliphatic imine (C=N–C) groups is 1. The van der Waals surface area contributed by atoms with Crippen molar-refractivity contribution in [2.75, 3.05) is 0 Å². The van der Waals surface area contributed by atoms with Crippen LogP contribution in [-0.4, -0.2) is 11.3 Å². The third-order valence-electron chi connectivity index (χ3n) is 7.79. The molecule has 0 aliphatic rings. The second-order valence-corrected chi connectivity index (χ2v) is 10.0. The first-order chi connectivity index (χ1) is 19.8. The topological polar surface area (TPSA) is 39.7 Å². The molecule has 40 heavy (non-hydrogen) atoms. The van der Waals surface area contributed by atoms with Crippen molar-refractivity contribution in [3.8, 4) is 11.4 Å². The summed E-state index contributed by atoms with van der Waals surface area (Å²) < 4.78 is 14.6. The van der Waals surface area contributed by atoms with Crippen molar-refractivity contribution in [3.63, 3.8) is 0 Å². The van der Waals surface area contributed by atoms with E-state index in [1.807, 2.05) is 36.4 Å². The Morgan fingerprint density at radius 2 is 1.38 bits per heavy atom. The van der Waals surface area contributed by atoms with Crippen molar-refractivity contribution in [1.82, 2.24) is 4.57 Å². The highest BCUT2D eigenvalue weighted by molar-refractivity contribution is 6.21. The van der Waals surface area contributed by atoms with Gasteiger partial charge in [-0.25, -0.2) is 0 Å². The number of rotatable bonds is 5. The van der Waals surface area contributed by atoms with Gasteiger partial charge in [0.25, 0.3) is 0 Å². The Labute approximate surface area is 230 Å². The number of hydrogen-bond donors (Lipinski definition) is 0. The average molecular weight is 517 g/mol. The molecule has 0 fully saturated rings. The molecule has 0 amide bonds. The highest BCUT2D eigenvalue weighted by Crippen LogP contribution is 2.42. The molecular formula is C36H24N2O2. The summed E-state index contributed by atoms with van der Waals surface area (Å²) in [5, 5.41) is 7.00. The van der Waals surface area contributed by atoms with Crippen LogP contribution in [0.1, 0.15) is 5.56 Å². The molecule has 8 aromatic rings. The van der Waals surface area contributed by atoms with Crippen LogP contribution in [0, 0.1) is 0 Å². The van der Waals surface area contributed by atoms with Crippen LogP contribution in [0.15, 0.2) is 131 Å². The van der Waals surface area contributed by atoms with E-state index < -0.39 is 0 Å². The van der Waals surface area contributed by atoms with Gasteiger partial charge in [-0.15, -0.1) is 0 Å². The Hall–Kier alpha value is -5.35. The maximum Gasteiger partial charge on any atom is 0.146 e. The molecule has 0 saturated carbocycles. The van der Waals surface area contributed by atoms with E-state index >= 15 is 0 Å². The summed E-state index contributed by atoms with van der Waals surface area (Å²) in [4.78, 5) is 4.32. The third-order valence-corrected chi connectivity index (χ3v) is 7.79. The summed E-state index contributed by atoms with van der Waals surface area (Å²) in [6.07, 6.45) is 0. The lowest BCUT2D eigenvalue weighted by Gasteiger charge is -2.12. The number of ether oxygens (including phenoxy) is 1. The van der Waals surface area contributed by atoms with Crippen LogP contribution in [0.5, 0.6) is 5.75 Å². The second-order valence-electron chi connectivity index (χ2n) is 10.0. The SMILES string of the molecule is C=Nc1c(OCc2ccc(-n3c4ccccc4c4c5ccccc5ccc43)cc2)ccc2oc3ccccc3c12.